The number of carbonyl (C=O) groups is 2. The Morgan fingerprint density at radius 1 is 1.39 bits per heavy atom. The quantitative estimate of drug-likeness (QED) is 0.235. The number of thiazole rings is 1. The molecule has 155 valence electrons. The number of hydrogen-bond acceptors (Lipinski definition) is 10. The van der Waals surface area contributed by atoms with Gasteiger partial charge in [0.2, 0.25) is 5.91 Å². The zero-order valence-electron chi connectivity index (χ0n) is 16.6. The van der Waals surface area contributed by atoms with Gasteiger partial charge in [-0.05, 0) is 18.2 Å². The molecule has 0 aromatic carbocycles. The molecule has 2 aromatic heterocycles. The minimum atomic E-state index is -0.625. The molecule has 4 heterocycles. The van der Waals surface area contributed by atoms with E-state index >= 15 is 0 Å². The summed E-state index contributed by atoms with van der Waals surface area (Å²) in [6.45, 7) is 2.32. The van der Waals surface area contributed by atoms with Crippen LogP contribution in [0, 0.1) is 11.7 Å². The van der Waals surface area contributed by atoms with Crippen LogP contribution in [0.1, 0.15) is 12.6 Å². The van der Waals surface area contributed by atoms with Crippen molar-refractivity contribution in [3.05, 3.63) is 28.7 Å². The minimum Gasteiger partial charge on any atom is -0.426 e. The Morgan fingerprint density at radius 2 is 2.13 bits per heavy atom. The van der Waals surface area contributed by atoms with Crippen LogP contribution in [0.25, 0.3) is 0 Å². The number of fused-ring (bicyclic) bond motifs is 1. The molecular weight excluding hydrogens is 669 g/mol. The van der Waals surface area contributed by atoms with Crippen molar-refractivity contribution in [1.82, 2.24) is 35.4 Å². The number of aliphatic imine (C=N–C) groups is 1. The summed E-state index contributed by atoms with van der Waals surface area (Å²) in [5.41, 5.74) is 7.85. The summed E-state index contributed by atoms with van der Waals surface area (Å²) < 4.78 is 0. The third kappa shape index (κ3) is 6.15. The number of nitrogens with zero attached hydrogens (tertiary/aromatic N) is 7. The normalized spacial score (nSPS) is 20.0. The van der Waals surface area contributed by atoms with Gasteiger partial charge in [-0.3, -0.25) is 14.5 Å². The number of β-lactam (4-membered cyclic amide) rings is 1. The van der Waals surface area contributed by atoms with Gasteiger partial charge in [-0.15, -0.1) is 11.8 Å². The number of hydrogen-bond donors (Lipinski definition) is 2. The predicted molar refractivity (Wildman–Crippen MR) is 102 cm³/mol. The summed E-state index contributed by atoms with van der Waals surface area (Å²) in [6.07, 6.45) is 2.41. The third-order valence-corrected chi connectivity index (χ3v) is 6.39. The van der Waals surface area contributed by atoms with E-state index in [2.05, 4.69) is 42.4 Å². The summed E-state index contributed by atoms with van der Waals surface area (Å²) >= 11 is 2.67. The molecule has 4 rings (SSSR count). The van der Waals surface area contributed by atoms with Gasteiger partial charge in [-0.1, -0.05) is 10.6 Å². The van der Waals surface area contributed by atoms with Gasteiger partial charge >= 0.3 is 0 Å². The van der Waals surface area contributed by atoms with Gasteiger partial charge in [0.05, 0.1) is 11.7 Å². The van der Waals surface area contributed by atoms with Crippen molar-refractivity contribution >= 4 is 45.8 Å². The molecule has 2 unspecified atom stereocenters. The molecule has 0 spiro atoms. The van der Waals surface area contributed by atoms with E-state index in [-0.39, 0.29) is 121 Å². The number of nitrogens with one attached hydrogen (secondary N) is 1. The summed E-state index contributed by atoms with van der Waals surface area (Å²) in [5, 5.41) is 17.0. The van der Waals surface area contributed by atoms with Gasteiger partial charge in [0, 0.05) is 122 Å². The second kappa shape index (κ2) is 12.8. The van der Waals surface area contributed by atoms with Gasteiger partial charge in [0.25, 0.3) is 5.91 Å². The van der Waals surface area contributed by atoms with Crippen molar-refractivity contribution in [1.29, 1.82) is 0 Å². The van der Waals surface area contributed by atoms with Crippen LogP contribution < -0.4 is 11.1 Å². The van der Waals surface area contributed by atoms with Gasteiger partial charge in [0.15, 0.2) is 0 Å². The van der Waals surface area contributed by atoms with Gasteiger partial charge in [-0.25, -0.2) is 17.7 Å². The van der Waals surface area contributed by atoms with Crippen LogP contribution in [0.3, 0.4) is 0 Å². The monoisotopic (exact) mass is 684 g/mol. The van der Waals surface area contributed by atoms with Crippen molar-refractivity contribution < 1.29 is 108 Å². The minimum absolute atomic E-state index is 0. The maximum Gasteiger partial charge on any atom is 0.253 e. The van der Waals surface area contributed by atoms with Crippen LogP contribution in [0.15, 0.2) is 16.3 Å². The van der Waals surface area contributed by atoms with E-state index in [0.717, 1.165) is 22.6 Å². The van der Waals surface area contributed by atoms with E-state index in [0.29, 0.717) is 17.4 Å². The number of carbonyl (C=O) groups excluding carboxylic acids is 2. The van der Waals surface area contributed by atoms with Crippen molar-refractivity contribution in [2.24, 2.45) is 4.99 Å². The SMILES string of the molecule is CN=C(C(=O)NC1C(=O)N2C(C)=C(Cn3n[c-]nn3)CSC12)c1[c-]sc(N)n1.[Y].[Y].[Y]. The fourth-order valence-corrected chi connectivity index (χ4v) is 4.97. The van der Waals surface area contributed by atoms with Gasteiger partial charge in [-0.2, -0.15) is 4.80 Å². The second-order valence-corrected chi connectivity index (χ2v) is 7.98. The van der Waals surface area contributed by atoms with Crippen molar-refractivity contribution in [3.8, 4) is 0 Å². The van der Waals surface area contributed by atoms with E-state index in [1.165, 1.54) is 11.8 Å². The molecule has 0 bridgehead atoms. The molecule has 2 atom stereocenters. The Bertz CT molecular complexity index is 996. The molecule has 16 heteroatoms. The maximum atomic E-state index is 12.7. The van der Waals surface area contributed by atoms with E-state index < -0.39 is 11.9 Å². The van der Waals surface area contributed by atoms with Crippen molar-refractivity contribution in [2.45, 2.75) is 24.9 Å². The number of tetrazole rings is 1. The number of anilines is 1. The predicted octanol–water partition coefficient (Wildman–Crippen LogP) is -0.902. The standard InChI is InChI=1S/C15H15N9O2S2.3Y/c1-7-8(3-23-19-6-18-22-23)4-27-14-11(13(26)24(7)14)21-12(25)10(17-2)9-5-28-15(16)20-9;;;/h11,14H,3-4H2,1-2H3,(H2,16,20)(H,21,25);;;/q-2;;;. The molecule has 3 N–H and O–H groups in total. The number of rotatable bonds is 5. The molecule has 0 aliphatic carbocycles. The summed E-state index contributed by atoms with van der Waals surface area (Å²) in [7, 11) is 1.48. The molecule has 2 aliphatic heterocycles. The molecule has 11 nitrogen and oxygen atoms in total. The van der Waals surface area contributed by atoms with Gasteiger partial charge < -0.3 is 31.2 Å². The fraction of sp³-hybridized carbons (Fsp3) is 0.400. The molecule has 1 saturated heterocycles. The Hall–Kier alpha value is 0.512. The van der Waals surface area contributed by atoms with E-state index in [4.69, 9.17) is 5.73 Å². The molecule has 2 aliphatic rings. The van der Waals surface area contributed by atoms with Crippen LogP contribution in [0.2, 0.25) is 0 Å². The third-order valence-electron chi connectivity index (χ3n) is 4.45. The van der Waals surface area contributed by atoms with Crippen LogP contribution in [-0.4, -0.2) is 71.8 Å². The zero-order chi connectivity index (χ0) is 19.8. The van der Waals surface area contributed by atoms with Crippen LogP contribution in [0.5, 0.6) is 0 Å². The number of nitrogen functional groups attached to an aromatic ring is 1. The Balaban J connectivity index is 0.00000160. The molecule has 31 heavy (non-hydrogen) atoms. The number of amides is 2. The van der Waals surface area contributed by atoms with E-state index in [9.17, 15) is 9.59 Å². The zero-order valence-corrected chi connectivity index (χ0v) is 26.8. The Labute approximate surface area is 262 Å². The summed E-state index contributed by atoms with van der Waals surface area (Å²) in [4.78, 5) is 36.4. The fourth-order valence-electron chi connectivity index (χ4n) is 3.03. The first-order chi connectivity index (χ1) is 13.5. The van der Waals surface area contributed by atoms with Crippen LogP contribution >= 0.6 is 23.1 Å². The maximum absolute atomic E-state index is 12.7. The van der Waals surface area contributed by atoms with Gasteiger partial charge in [0.1, 0.15) is 11.4 Å². The van der Waals surface area contributed by atoms with Crippen molar-refractivity contribution in [2.75, 3.05) is 18.5 Å². The summed E-state index contributed by atoms with van der Waals surface area (Å²) in [5.74, 6) is 0.0487. The van der Waals surface area contributed by atoms with Crippen LogP contribution in [-0.2, 0) is 114 Å². The molecule has 0 saturated carbocycles. The average Bonchev–Trinajstić information content (AvgIpc) is 3.33. The molecular formula is C15H15N9O2S2Y3-2. The molecule has 1 fully saturated rings. The Morgan fingerprint density at radius 3 is 2.71 bits per heavy atom. The van der Waals surface area contributed by atoms with E-state index in [1.54, 1.807) is 16.7 Å². The number of thioether (sulfide) groups is 1. The molecule has 2 amide bonds. The largest absolute Gasteiger partial charge is 0.426 e. The smallest absolute Gasteiger partial charge is 0.253 e. The first-order valence-electron chi connectivity index (χ1n) is 8.18. The topological polar surface area (TPSA) is 144 Å². The van der Waals surface area contributed by atoms with E-state index in [1.807, 2.05) is 6.92 Å². The number of aromatic nitrogens is 5. The number of allylic oxidation sites excluding steroid dienone is 1. The summed E-state index contributed by atoms with van der Waals surface area (Å²) in [6, 6.07) is -0.625. The molecule has 2 aromatic rings. The first-order valence-corrected chi connectivity index (χ1v) is 10.0. The Kier molecular flexibility index (Phi) is 12.2. The molecule has 3 radical (unpaired) electrons. The second-order valence-electron chi connectivity index (χ2n) is 6.04. The average molecular weight is 684 g/mol. The first kappa shape index (κ1) is 29.5. The van der Waals surface area contributed by atoms with Crippen LogP contribution in [0.4, 0.5) is 5.13 Å². The number of nitrogens with two attached hydrogens (primary N) is 1. The van der Waals surface area contributed by atoms with Crippen molar-refractivity contribution in [3.63, 3.8) is 0 Å².